The number of anilines is 1. The van der Waals surface area contributed by atoms with Gasteiger partial charge in [-0.2, -0.15) is 5.10 Å². The quantitative estimate of drug-likeness (QED) is 0.772. The van der Waals surface area contributed by atoms with Crippen LogP contribution in [0, 0.1) is 11.7 Å². The summed E-state index contributed by atoms with van der Waals surface area (Å²) in [5.74, 6) is -0.408. The normalized spacial score (nSPS) is 20.8. The molecule has 8 heteroatoms. The van der Waals surface area contributed by atoms with Gasteiger partial charge >= 0.3 is 6.03 Å². The van der Waals surface area contributed by atoms with Crippen molar-refractivity contribution < 1.29 is 14.0 Å². The van der Waals surface area contributed by atoms with E-state index in [1.807, 2.05) is 0 Å². The van der Waals surface area contributed by atoms with Gasteiger partial charge in [-0.1, -0.05) is 12.8 Å². The summed E-state index contributed by atoms with van der Waals surface area (Å²) in [4.78, 5) is 26.9. The first-order valence-corrected chi connectivity index (χ1v) is 9.60. The molecule has 1 atom stereocenters. The molecule has 7 nitrogen and oxygen atoms in total. The summed E-state index contributed by atoms with van der Waals surface area (Å²) in [5.41, 5.74) is 0.534. The van der Waals surface area contributed by atoms with Gasteiger partial charge in [-0.25, -0.2) is 9.18 Å². The highest BCUT2D eigenvalue weighted by Gasteiger charge is 2.30. The molecule has 1 saturated heterocycles. The number of amides is 3. The third kappa shape index (κ3) is 3.89. The molecule has 0 radical (unpaired) electrons. The number of hydrogen-bond acceptors (Lipinski definition) is 3. The number of piperidine rings is 1. The summed E-state index contributed by atoms with van der Waals surface area (Å²) in [6, 6.07) is 4.46. The molecule has 2 fully saturated rings. The minimum atomic E-state index is -0.361. The Morgan fingerprint density at radius 3 is 2.81 bits per heavy atom. The third-order valence-electron chi connectivity index (χ3n) is 5.53. The highest BCUT2D eigenvalue weighted by molar-refractivity contribution is 6.00. The van der Waals surface area contributed by atoms with Crippen molar-refractivity contribution in [1.29, 1.82) is 0 Å². The Hall–Kier alpha value is -2.64. The van der Waals surface area contributed by atoms with Gasteiger partial charge in [0.2, 0.25) is 5.91 Å². The molecule has 3 N–H and O–H groups in total. The standard InChI is InChI=1S/C19H24FN5O2/c20-13-7-8-15-16(10-13)23-24-17(15)22-18(26)12-4-3-9-25(11-12)19(27)21-14-5-1-2-6-14/h7-8,10,12,14H,1-6,9,11H2,(H,21,27)(H2,22,23,24,26). The average molecular weight is 373 g/mol. The van der Waals surface area contributed by atoms with Gasteiger partial charge in [-0.3, -0.25) is 9.89 Å². The minimum absolute atomic E-state index is 0.0694. The lowest BCUT2D eigenvalue weighted by atomic mass is 9.97. The lowest BCUT2D eigenvalue weighted by Gasteiger charge is -2.32. The van der Waals surface area contributed by atoms with E-state index in [2.05, 4.69) is 20.8 Å². The Bertz CT molecular complexity index is 846. The van der Waals surface area contributed by atoms with Crippen LogP contribution < -0.4 is 10.6 Å². The van der Waals surface area contributed by atoms with Crippen LogP contribution in [0.25, 0.3) is 10.9 Å². The maximum Gasteiger partial charge on any atom is 0.317 e. The second-order valence-electron chi connectivity index (χ2n) is 7.47. The first-order valence-electron chi connectivity index (χ1n) is 9.60. The number of H-pyrrole nitrogens is 1. The van der Waals surface area contributed by atoms with E-state index in [4.69, 9.17) is 0 Å². The molecule has 0 bridgehead atoms. The van der Waals surface area contributed by atoms with Crippen LogP contribution in [0.15, 0.2) is 18.2 Å². The van der Waals surface area contributed by atoms with Gasteiger partial charge in [0, 0.05) is 24.5 Å². The fourth-order valence-corrected chi connectivity index (χ4v) is 4.02. The van der Waals surface area contributed by atoms with Crippen molar-refractivity contribution in [1.82, 2.24) is 20.4 Å². The third-order valence-corrected chi connectivity index (χ3v) is 5.53. The van der Waals surface area contributed by atoms with Crippen molar-refractivity contribution >= 4 is 28.7 Å². The minimum Gasteiger partial charge on any atom is -0.335 e. The van der Waals surface area contributed by atoms with Gasteiger partial charge in [-0.05, 0) is 43.9 Å². The molecule has 1 unspecified atom stereocenters. The summed E-state index contributed by atoms with van der Waals surface area (Å²) in [6.07, 6.45) is 5.93. The highest BCUT2D eigenvalue weighted by atomic mass is 19.1. The maximum atomic E-state index is 13.3. The van der Waals surface area contributed by atoms with Crippen molar-refractivity contribution in [3.63, 3.8) is 0 Å². The van der Waals surface area contributed by atoms with E-state index in [1.165, 1.54) is 12.1 Å². The second-order valence-corrected chi connectivity index (χ2v) is 7.47. The molecule has 2 aromatic rings. The predicted octanol–water partition coefficient (Wildman–Crippen LogP) is 3.00. The van der Waals surface area contributed by atoms with Gasteiger partial charge in [0.25, 0.3) is 0 Å². The van der Waals surface area contributed by atoms with Gasteiger partial charge in [0.1, 0.15) is 5.82 Å². The number of halogens is 1. The Labute approximate surface area is 156 Å². The maximum absolute atomic E-state index is 13.3. The summed E-state index contributed by atoms with van der Waals surface area (Å²) in [5, 5.41) is 13.4. The molecular weight excluding hydrogens is 349 g/mol. The van der Waals surface area contributed by atoms with Gasteiger partial charge in [0.15, 0.2) is 5.82 Å². The van der Waals surface area contributed by atoms with E-state index in [1.54, 1.807) is 11.0 Å². The van der Waals surface area contributed by atoms with Crippen molar-refractivity contribution in [3.8, 4) is 0 Å². The zero-order valence-corrected chi connectivity index (χ0v) is 15.1. The van der Waals surface area contributed by atoms with Gasteiger partial charge in [-0.15, -0.1) is 0 Å². The second kappa shape index (κ2) is 7.54. The van der Waals surface area contributed by atoms with Crippen molar-refractivity contribution in [2.45, 2.75) is 44.6 Å². The lowest BCUT2D eigenvalue weighted by Crippen LogP contribution is -2.49. The first kappa shape index (κ1) is 17.8. The largest absolute Gasteiger partial charge is 0.335 e. The number of aromatic nitrogens is 2. The number of likely N-dealkylation sites (tertiary alicyclic amines) is 1. The molecule has 2 heterocycles. The molecule has 1 aliphatic heterocycles. The van der Waals surface area contributed by atoms with E-state index >= 15 is 0 Å². The summed E-state index contributed by atoms with van der Waals surface area (Å²) < 4.78 is 13.3. The number of carbonyl (C=O) groups is 2. The number of nitrogens with one attached hydrogen (secondary N) is 3. The molecule has 3 amide bonds. The van der Waals surface area contributed by atoms with Crippen LogP contribution in [-0.4, -0.2) is 46.2 Å². The highest BCUT2D eigenvalue weighted by Crippen LogP contribution is 2.24. The number of urea groups is 1. The topological polar surface area (TPSA) is 90.1 Å². The van der Waals surface area contributed by atoms with Gasteiger partial charge < -0.3 is 15.5 Å². The van der Waals surface area contributed by atoms with Crippen LogP contribution >= 0.6 is 0 Å². The Kier molecular flexibility index (Phi) is 4.96. The Morgan fingerprint density at radius 2 is 2.00 bits per heavy atom. The van der Waals surface area contributed by atoms with Crippen molar-refractivity contribution in [2.24, 2.45) is 5.92 Å². The average Bonchev–Trinajstić information content (AvgIpc) is 3.31. The predicted molar refractivity (Wildman–Crippen MR) is 99.8 cm³/mol. The molecule has 0 spiro atoms. The Morgan fingerprint density at radius 1 is 1.19 bits per heavy atom. The van der Waals surface area contributed by atoms with Crippen LogP contribution in [0.5, 0.6) is 0 Å². The molecular formula is C19H24FN5O2. The molecule has 1 aromatic carbocycles. The summed E-state index contributed by atoms with van der Waals surface area (Å²) >= 11 is 0. The molecule has 27 heavy (non-hydrogen) atoms. The van der Waals surface area contributed by atoms with Crippen molar-refractivity contribution in [2.75, 3.05) is 18.4 Å². The van der Waals surface area contributed by atoms with E-state index in [0.717, 1.165) is 38.5 Å². The van der Waals surface area contributed by atoms with Crippen LogP contribution in [0.2, 0.25) is 0 Å². The van der Waals surface area contributed by atoms with E-state index < -0.39 is 0 Å². The number of aromatic amines is 1. The number of nitrogens with zero attached hydrogens (tertiary/aromatic N) is 2. The molecule has 1 saturated carbocycles. The first-order chi connectivity index (χ1) is 13.1. The SMILES string of the molecule is O=C(Nc1n[nH]c2cc(F)ccc12)C1CCCN(C(=O)NC2CCCC2)C1. The monoisotopic (exact) mass is 373 g/mol. The fourth-order valence-electron chi connectivity index (χ4n) is 4.02. The van der Waals surface area contributed by atoms with Crippen LogP contribution in [0.4, 0.5) is 15.0 Å². The number of rotatable bonds is 3. The number of hydrogen-bond donors (Lipinski definition) is 3. The van der Waals surface area contributed by atoms with Crippen molar-refractivity contribution in [3.05, 3.63) is 24.0 Å². The number of fused-ring (bicyclic) bond motifs is 1. The zero-order valence-electron chi connectivity index (χ0n) is 15.1. The lowest BCUT2D eigenvalue weighted by molar-refractivity contribution is -0.121. The van der Waals surface area contributed by atoms with E-state index in [9.17, 15) is 14.0 Å². The van der Waals surface area contributed by atoms with Crippen LogP contribution in [-0.2, 0) is 4.79 Å². The van der Waals surface area contributed by atoms with Crippen LogP contribution in [0.1, 0.15) is 38.5 Å². The number of carbonyl (C=O) groups excluding carboxylic acids is 2. The summed E-state index contributed by atoms with van der Waals surface area (Å²) in [7, 11) is 0. The van der Waals surface area contributed by atoms with E-state index in [0.29, 0.717) is 29.8 Å². The smallest absolute Gasteiger partial charge is 0.317 e. The molecule has 1 aromatic heterocycles. The zero-order chi connectivity index (χ0) is 18.8. The fraction of sp³-hybridized carbons (Fsp3) is 0.526. The molecule has 4 rings (SSSR count). The molecule has 144 valence electrons. The van der Waals surface area contributed by atoms with E-state index in [-0.39, 0.29) is 29.7 Å². The molecule has 1 aliphatic carbocycles. The number of benzene rings is 1. The van der Waals surface area contributed by atoms with Crippen LogP contribution in [0.3, 0.4) is 0 Å². The summed E-state index contributed by atoms with van der Waals surface area (Å²) in [6.45, 7) is 1.08. The Balaban J connectivity index is 1.38. The molecule has 2 aliphatic rings. The van der Waals surface area contributed by atoms with Gasteiger partial charge in [0.05, 0.1) is 11.4 Å².